The lowest BCUT2D eigenvalue weighted by Crippen LogP contribution is -2.16. The Morgan fingerprint density at radius 1 is 1.15 bits per heavy atom. The van der Waals surface area contributed by atoms with Crippen molar-refractivity contribution in [3.05, 3.63) is 43.5 Å². The fourth-order valence-corrected chi connectivity index (χ4v) is 3.21. The molecule has 0 spiro atoms. The monoisotopic (exact) mass is 424 g/mol. The largest absolute Gasteiger partial charge is 0.416 e. The SMILES string of the molecule is CN(C)c1c([N+](=O)[O-])c(C(C)(C)C)nn1-c1c(Cl)cc(C(F)(F)F)cc1Cl. The van der Waals surface area contributed by atoms with Crippen LogP contribution in [0.15, 0.2) is 12.1 Å². The number of anilines is 1. The molecule has 0 aliphatic carbocycles. The highest BCUT2D eigenvalue weighted by molar-refractivity contribution is 6.38. The minimum absolute atomic E-state index is 0.0495. The quantitative estimate of drug-likeness (QED) is 0.483. The summed E-state index contributed by atoms with van der Waals surface area (Å²) in [6, 6.07) is 1.43. The molecule has 0 fully saturated rings. The smallest absolute Gasteiger partial charge is 0.357 e. The van der Waals surface area contributed by atoms with Crippen molar-refractivity contribution in [1.29, 1.82) is 0 Å². The first kappa shape index (κ1) is 21.3. The van der Waals surface area contributed by atoms with Gasteiger partial charge in [-0.3, -0.25) is 10.1 Å². The van der Waals surface area contributed by atoms with Gasteiger partial charge in [-0.2, -0.15) is 18.3 Å². The predicted octanol–water partition coefficient (Wildman–Crippen LogP) is 5.47. The van der Waals surface area contributed by atoms with Crippen molar-refractivity contribution in [2.45, 2.75) is 32.4 Å². The van der Waals surface area contributed by atoms with Crippen LogP contribution in [0, 0.1) is 10.1 Å². The van der Waals surface area contributed by atoms with Gasteiger partial charge in [0.25, 0.3) is 0 Å². The third kappa shape index (κ3) is 3.98. The highest BCUT2D eigenvalue weighted by Gasteiger charge is 2.38. The maximum Gasteiger partial charge on any atom is 0.416 e. The molecule has 0 aliphatic rings. The van der Waals surface area contributed by atoms with Crippen LogP contribution in [0.4, 0.5) is 24.7 Å². The average molecular weight is 425 g/mol. The molecule has 27 heavy (non-hydrogen) atoms. The zero-order chi connectivity index (χ0) is 20.9. The van der Waals surface area contributed by atoms with Gasteiger partial charge in [-0.1, -0.05) is 44.0 Å². The molecule has 1 heterocycles. The van der Waals surface area contributed by atoms with E-state index in [-0.39, 0.29) is 32.9 Å². The lowest BCUT2D eigenvalue weighted by atomic mass is 9.91. The minimum atomic E-state index is -4.64. The van der Waals surface area contributed by atoms with Crippen molar-refractivity contribution >= 4 is 34.7 Å². The number of nitrogens with zero attached hydrogens (tertiary/aromatic N) is 4. The van der Waals surface area contributed by atoms with Gasteiger partial charge >= 0.3 is 11.9 Å². The maximum absolute atomic E-state index is 13.0. The van der Waals surface area contributed by atoms with E-state index in [1.807, 2.05) is 0 Å². The molecule has 2 aromatic rings. The van der Waals surface area contributed by atoms with Crippen LogP contribution >= 0.6 is 23.2 Å². The van der Waals surface area contributed by atoms with Gasteiger partial charge < -0.3 is 4.90 Å². The molecular formula is C16H17Cl2F3N4O2. The van der Waals surface area contributed by atoms with Crippen LogP contribution in [-0.4, -0.2) is 28.8 Å². The van der Waals surface area contributed by atoms with Crippen molar-refractivity contribution in [1.82, 2.24) is 9.78 Å². The molecule has 0 N–H and O–H groups in total. The normalized spacial score (nSPS) is 12.4. The number of hydrogen-bond donors (Lipinski definition) is 0. The number of benzene rings is 1. The summed E-state index contributed by atoms with van der Waals surface area (Å²) < 4.78 is 40.1. The van der Waals surface area contributed by atoms with E-state index in [4.69, 9.17) is 23.2 Å². The van der Waals surface area contributed by atoms with Crippen LogP contribution in [-0.2, 0) is 11.6 Å². The molecule has 0 atom stereocenters. The Morgan fingerprint density at radius 2 is 1.63 bits per heavy atom. The van der Waals surface area contributed by atoms with Gasteiger partial charge in [0, 0.05) is 19.5 Å². The topological polar surface area (TPSA) is 64.2 Å². The third-order valence-electron chi connectivity index (χ3n) is 3.71. The second kappa shape index (κ2) is 6.87. The van der Waals surface area contributed by atoms with Gasteiger partial charge in [-0.15, -0.1) is 0 Å². The van der Waals surface area contributed by atoms with Crippen LogP contribution in [0.5, 0.6) is 0 Å². The van der Waals surface area contributed by atoms with Crippen molar-refractivity contribution < 1.29 is 18.1 Å². The number of hydrogen-bond acceptors (Lipinski definition) is 4. The average Bonchev–Trinajstić information content (AvgIpc) is 2.86. The molecule has 0 aliphatic heterocycles. The third-order valence-corrected chi connectivity index (χ3v) is 4.29. The molecule has 6 nitrogen and oxygen atoms in total. The molecule has 0 unspecified atom stereocenters. The summed E-state index contributed by atoms with van der Waals surface area (Å²) in [7, 11) is 3.11. The van der Waals surface area contributed by atoms with E-state index in [2.05, 4.69) is 5.10 Å². The molecule has 11 heteroatoms. The zero-order valence-corrected chi connectivity index (χ0v) is 16.7. The second-order valence-electron chi connectivity index (χ2n) is 7.12. The summed E-state index contributed by atoms with van der Waals surface area (Å²) in [5.74, 6) is 0.0495. The van der Waals surface area contributed by atoms with E-state index in [1.165, 1.54) is 4.90 Å². The fraction of sp³-hybridized carbons (Fsp3) is 0.438. The van der Waals surface area contributed by atoms with E-state index in [1.54, 1.807) is 34.9 Å². The van der Waals surface area contributed by atoms with Crippen LogP contribution in [0.2, 0.25) is 10.0 Å². The first-order valence-corrected chi connectivity index (χ1v) is 8.43. The number of aromatic nitrogens is 2. The molecule has 0 radical (unpaired) electrons. The van der Waals surface area contributed by atoms with Crippen LogP contribution in [0.3, 0.4) is 0 Å². The molecule has 1 aromatic carbocycles. The first-order valence-electron chi connectivity index (χ1n) is 7.68. The molecule has 0 saturated heterocycles. The van der Waals surface area contributed by atoms with Gasteiger partial charge in [-0.05, 0) is 12.1 Å². The van der Waals surface area contributed by atoms with Crippen molar-refractivity contribution in [2.75, 3.05) is 19.0 Å². The van der Waals surface area contributed by atoms with E-state index in [0.29, 0.717) is 12.1 Å². The summed E-state index contributed by atoms with van der Waals surface area (Å²) >= 11 is 12.1. The number of halogens is 5. The Kier molecular flexibility index (Phi) is 5.42. The van der Waals surface area contributed by atoms with E-state index >= 15 is 0 Å². The molecule has 2 rings (SSSR count). The number of rotatable bonds is 3. The Balaban J connectivity index is 2.90. The standard InChI is InChI=1S/C16H17Cl2F3N4O2/c1-15(2,3)13-12(25(26)27)14(23(4)5)24(22-13)11-9(17)6-8(7-10(11)18)16(19,20)21/h6-7H,1-5H3. The summed E-state index contributed by atoms with van der Waals surface area (Å²) in [4.78, 5) is 12.6. The molecular weight excluding hydrogens is 408 g/mol. The number of nitro groups is 1. The second-order valence-corrected chi connectivity index (χ2v) is 7.93. The zero-order valence-electron chi connectivity index (χ0n) is 15.1. The van der Waals surface area contributed by atoms with Crippen molar-refractivity contribution in [3.63, 3.8) is 0 Å². The lowest BCUT2D eigenvalue weighted by molar-refractivity contribution is -0.385. The van der Waals surface area contributed by atoms with E-state index in [9.17, 15) is 23.3 Å². The fourth-order valence-electron chi connectivity index (χ4n) is 2.56. The molecule has 148 valence electrons. The lowest BCUT2D eigenvalue weighted by Gasteiger charge is -2.17. The summed E-state index contributed by atoms with van der Waals surface area (Å²) in [5.41, 5.74) is -1.90. The van der Waals surface area contributed by atoms with Crippen LogP contribution in [0.1, 0.15) is 32.0 Å². The Morgan fingerprint density at radius 3 is 1.96 bits per heavy atom. The Labute approximate surface area is 163 Å². The van der Waals surface area contributed by atoms with Gasteiger partial charge in [0.1, 0.15) is 11.4 Å². The van der Waals surface area contributed by atoms with Gasteiger partial charge in [0.2, 0.25) is 5.82 Å². The Bertz CT molecular complexity index is 879. The van der Waals surface area contributed by atoms with Gasteiger partial charge in [-0.25, -0.2) is 4.68 Å². The van der Waals surface area contributed by atoms with Crippen LogP contribution in [0.25, 0.3) is 5.69 Å². The van der Waals surface area contributed by atoms with Crippen LogP contribution < -0.4 is 4.90 Å². The predicted molar refractivity (Wildman–Crippen MR) is 98.3 cm³/mol. The molecule has 0 saturated carbocycles. The van der Waals surface area contributed by atoms with Gasteiger partial charge in [0.15, 0.2) is 0 Å². The van der Waals surface area contributed by atoms with E-state index in [0.717, 1.165) is 4.68 Å². The first-order chi connectivity index (χ1) is 12.2. The van der Waals surface area contributed by atoms with Gasteiger partial charge in [0.05, 0.1) is 20.5 Å². The number of alkyl halides is 3. The van der Waals surface area contributed by atoms with Crippen molar-refractivity contribution in [3.8, 4) is 5.69 Å². The summed E-state index contributed by atoms with van der Waals surface area (Å²) in [6.07, 6.45) is -4.64. The minimum Gasteiger partial charge on any atom is -0.357 e. The summed E-state index contributed by atoms with van der Waals surface area (Å²) in [5, 5.41) is 15.3. The highest BCUT2D eigenvalue weighted by atomic mass is 35.5. The highest BCUT2D eigenvalue weighted by Crippen LogP contribution is 2.43. The molecule has 0 bridgehead atoms. The molecule has 1 aromatic heterocycles. The van der Waals surface area contributed by atoms with Crippen molar-refractivity contribution in [2.24, 2.45) is 0 Å². The maximum atomic E-state index is 13.0. The van der Waals surface area contributed by atoms with E-state index < -0.39 is 22.1 Å². The summed E-state index contributed by atoms with van der Waals surface area (Å²) in [6.45, 7) is 5.21. The molecule has 0 amide bonds. The Hall–Kier alpha value is -2.00.